The number of aromatic nitrogens is 4. The molecule has 3 fully saturated rings. The first-order valence-corrected chi connectivity index (χ1v) is 20.6. The Labute approximate surface area is 346 Å². The SMILES string of the molecule is COC(=O)NC(C(=O)N1CCCC1c1ncc(-c2cc3c(cc2F)Cc2cc(-c4cnc(C5CCCN5C(=O)C(NC(=O)OC)C5CCOCC5)[nH]4)ccc2O3)[nH]1)C(C)C. The number of nitrogens with zero attached hydrogens (tertiary/aromatic N) is 4. The van der Waals surface area contributed by atoms with Crippen molar-refractivity contribution >= 4 is 24.0 Å². The molecule has 4 aliphatic heterocycles. The van der Waals surface area contributed by atoms with Gasteiger partial charge in [-0.05, 0) is 86.3 Å². The van der Waals surface area contributed by atoms with Crippen molar-refractivity contribution in [1.82, 2.24) is 40.4 Å². The summed E-state index contributed by atoms with van der Waals surface area (Å²) in [6, 6.07) is 6.86. The molecule has 4 N–H and O–H groups in total. The molecule has 16 nitrogen and oxygen atoms in total. The van der Waals surface area contributed by atoms with Crippen LogP contribution in [0.5, 0.6) is 11.5 Å². The van der Waals surface area contributed by atoms with Gasteiger partial charge in [-0.25, -0.2) is 23.9 Å². The van der Waals surface area contributed by atoms with Gasteiger partial charge < -0.3 is 49.3 Å². The summed E-state index contributed by atoms with van der Waals surface area (Å²) in [5.74, 6) is 1.34. The fourth-order valence-corrected chi connectivity index (χ4v) is 8.94. The monoisotopic (exact) mass is 826 g/mol. The van der Waals surface area contributed by atoms with E-state index in [2.05, 4.69) is 25.6 Å². The molecule has 0 radical (unpaired) electrons. The molecule has 0 saturated carbocycles. The molecule has 0 spiro atoms. The molecule has 17 heteroatoms. The lowest BCUT2D eigenvalue weighted by Crippen LogP contribution is -2.53. The maximum Gasteiger partial charge on any atom is 0.407 e. The lowest BCUT2D eigenvalue weighted by molar-refractivity contribution is -0.137. The molecule has 318 valence electrons. The molecule has 4 amide bonds. The highest BCUT2D eigenvalue weighted by molar-refractivity contribution is 5.87. The lowest BCUT2D eigenvalue weighted by atomic mass is 9.90. The molecule has 0 aliphatic carbocycles. The van der Waals surface area contributed by atoms with E-state index < -0.39 is 30.1 Å². The second-order valence-corrected chi connectivity index (χ2v) is 16.2. The Hall–Kier alpha value is -5.97. The van der Waals surface area contributed by atoms with E-state index in [1.54, 1.807) is 23.4 Å². The number of imidazole rings is 2. The highest BCUT2D eigenvalue weighted by Crippen LogP contribution is 2.42. The molecule has 4 aromatic rings. The molecule has 6 heterocycles. The number of likely N-dealkylation sites (tertiary alicyclic amines) is 2. The number of hydrogen-bond donors (Lipinski definition) is 4. The number of nitrogens with one attached hydrogen (secondary N) is 4. The number of halogens is 1. The largest absolute Gasteiger partial charge is 0.457 e. The number of hydrogen-bond acceptors (Lipinski definition) is 10. The molecule has 4 aliphatic rings. The van der Waals surface area contributed by atoms with Gasteiger partial charge in [0, 0.05) is 49.4 Å². The van der Waals surface area contributed by atoms with Crippen molar-refractivity contribution in [2.75, 3.05) is 40.5 Å². The number of H-pyrrole nitrogens is 2. The molecule has 60 heavy (non-hydrogen) atoms. The maximum atomic E-state index is 15.9. The molecule has 0 bridgehead atoms. The van der Waals surface area contributed by atoms with Gasteiger partial charge in [-0.15, -0.1) is 0 Å². The average Bonchev–Trinajstić information content (AvgIpc) is 4.10. The van der Waals surface area contributed by atoms with Crippen molar-refractivity contribution in [3.8, 4) is 34.0 Å². The van der Waals surface area contributed by atoms with Crippen LogP contribution in [0.2, 0.25) is 0 Å². The van der Waals surface area contributed by atoms with E-state index in [0.29, 0.717) is 92.0 Å². The van der Waals surface area contributed by atoms with Crippen LogP contribution in [0.3, 0.4) is 0 Å². The first-order chi connectivity index (χ1) is 29.0. The predicted molar refractivity (Wildman–Crippen MR) is 215 cm³/mol. The Morgan fingerprint density at radius 2 is 1.42 bits per heavy atom. The molecule has 8 rings (SSSR count). The van der Waals surface area contributed by atoms with Crippen molar-refractivity contribution in [2.24, 2.45) is 11.8 Å². The number of carbonyl (C=O) groups is 4. The van der Waals surface area contributed by atoms with Crippen LogP contribution in [0.25, 0.3) is 22.5 Å². The van der Waals surface area contributed by atoms with Crippen molar-refractivity contribution < 1.29 is 42.5 Å². The number of carbonyl (C=O) groups excluding carboxylic acids is 4. The lowest BCUT2D eigenvalue weighted by Gasteiger charge is -2.34. The van der Waals surface area contributed by atoms with Crippen LogP contribution >= 0.6 is 0 Å². The third-order valence-corrected chi connectivity index (χ3v) is 12.2. The van der Waals surface area contributed by atoms with Gasteiger partial charge in [0.25, 0.3) is 0 Å². The summed E-state index contributed by atoms with van der Waals surface area (Å²) in [5.41, 5.74) is 3.95. The minimum absolute atomic E-state index is 0.0607. The Morgan fingerprint density at radius 3 is 2.08 bits per heavy atom. The number of alkyl carbamates (subject to hydrolysis) is 2. The third-order valence-electron chi connectivity index (χ3n) is 12.2. The van der Waals surface area contributed by atoms with Crippen LogP contribution in [-0.4, -0.2) is 106 Å². The molecule has 2 aromatic carbocycles. The molecular weight excluding hydrogens is 776 g/mol. The highest BCUT2D eigenvalue weighted by Gasteiger charge is 2.41. The summed E-state index contributed by atoms with van der Waals surface area (Å²) in [6.45, 7) is 5.84. The summed E-state index contributed by atoms with van der Waals surface area (Å²) in [5, 5.41) is 5.45. The number of ether oxygens (including phenoxy) is 4. The molecule has 4 unspecified atom stereocenters. The van der Waals surface area contributed by atoms with Gasteiger partial charge >= 0.3 is 12.2 Å². The van der Waals surface area contributed by atoms with E-state index in [1.807, 2.05) is 36.9 Å². The third kappa shape index (κ3) is 8.14. The Kier molecular flexibility index (Phi) is 11.8. The van der Waals surface area contributed by atoms with Crippen molar-refractivity contribution in [2.45, 2.75) is 83.0 Å². The molecular formula is C43H51FN8O8. The topological polar surface area (TPSA) is 193 Å². The zero-order valence-corrected chi connectivity index (χ0v) is 34.2. The zero-order chi connectivity index (χ0) is 42.1. The Bertz CT molecular complexity index is 2250. The summed E-state index contributed by atoms with van der Waals surface area (Å²) < 4.78 is 37.4. The van der Waals surface area contributed by atoms with Gasteiger partial charge in [-0.1, -0.05) is 13.8 Å². The predicted octanol–water partition coefficient (Wildman–Crippen LogP) is 6.16. The minimum atomic E-state index is -0.765. The minimum Gasteiger partial charge on any atom is -0.457 e. The second kappa shape index (κ2) is 17.3. The second-order valence-electron chi connectivity index (χ2n) is 16.2. The maximum absolute atomic E-state index is 15.9. The Balaban J connectivity index is 0.962. The summed E-state index contributed by atoms with van der Waals surface area (Å²) in [7, 11) is 2.55. The molecule has 4 atom stereocenters. The molecule has 2 aromatic heterocycles. The number of methoxy groups -OCH3 is 2. The van der Waals surface area contributed by atoms with Crippen molar-refractivity contribution in [1.29, 1.82) is 0 Å². The van der Waals surface area contributed by atoms with Crippen LogP contribution in [0.1, 0.15) is 87.2 Å². The average molecular weight is 827 g/mol. The smallest absolute Gasteiger partial charge is 0.407 e. The van der Waals surface area contributed by atoms with Gasteiger partial charge in [0.15, 0.2) is 0 Å². The quantitative estimate of drug-likeness (QED) is 0.127. The van der Waals surface area contributed by atoms with Gasteiger partial charge in [-0.2, -0.15) is 0 Å². The number of amides is 4. The number of aromatic amines is 2. The van der Waals surface area contributed by atoms with E-state index in [0.717, 1.165) is 36.1 Å². The van der Waals surface area contributed by atoms with Crippen LogP contribution in [0.15, 0.2) is 42.7 Å². The Morgan fingerprint density at radius 1 is 0.800 bits per heavy atom. The number of benzene rings is 2. The van der Waals surface area contributed by atoms with Crippen molar-refractivity contribution in [3.05, 3.63) is 71.3 Å². The standard InChI is InChI=1S/C43H51FN8O8/c1-23(2)36(49-42(55)57-3)40(53)51-13-5-8-33(51)39-46-22-31(48-39)28-20-35-27(19-29(28)44)18-26-17-25(9-10-34(26)60-35)30-21-45-38(47-30)32-7-6-14-52(32)41(54)37(50-43(56)58-4)24-11-15-59-16-12-24/h9-10,17,19-24,32-33,36-37H,5-8,11-16,18H2,1-4H3,(H,45,47)(H,46,48)(H,49,55)(H,50,56). The van der Waals surface area contributed by atoms with Crippen LogP contribution < -0.4 is 15.4 Å². The van der Waals surface area contributed by atoms with Crippen molar-refractivity contribution in [3.63, 3.8) is 0 Å². The van der Waals surface area contributed by atoms with E-state index in [9.17, 15) is 19.2 Å². The fourth-order valence-electron chi connectivity index (χ4n) is 8.94. The number of rotatable bonds is 10. The van der Waals surface area contributed by atoms with Crippen LogP contribution in [-0.2, 0) is 30.2 Å². The summed E-state index contributed by atoms with van der Waals surface area (Å²) in [6.07, 6.45) is 6.74. The normalized spacial score (nSPS) is 19.9. The summed E-state index contributed by atoms with van der Waals surface area (Å²) >= 11 is 0. The van der Waals surface area contributed by atoms with Crippen LogP contribution in [0.4, 0.5) is 14.0 Å². The van der Waals surface area contributed by atoms with E-state index in [4.69, 9.17) is 23.9 Å². The van der Waals surface area contributed by atoms with Gasteiger partial charge in [0.05, 0.1) is 50.1 Å². The van der Waals surface area contributed by atoms with Gasteiger partial charge in [0.1, 0.15) is 41.0 Å². The highest BCUT2D eigenvalue weighted by atomic mass is 19.1. The summed E-state index contributed by atoms with van der Waals surface area (Å²) in [4.78, 5) is 71.4. The van der Waals surface area contributed by atoms with Gasteiger partial charge in [-0.3, -0.25) is 9.59 Å². The number of fused-ring (bicyclic) bond motifs is 2. The van der Waals surface area contributed by atoms with E-state index >= 15 is 4.39 Å². The zero-order valence-electron chi connectivity index (χ0n) is 34.2. The van der Waals surface area contributed by atoms with Gasteiger partial charge in [0.2, 0.25) is 11.8 Å². The van der Waals surface area contributed by atoms with E-state index in [1.165, 1.54) is 20.3 Å². The van der Waals surface area contributed by atoms with E-state index in [-0.39, 0.29) is 35.7 Å². The first kappa shape index (κ1) is 40.8. The molecule has 3 saturated heterocycles. The first-order valence-electron chi connectivity index (χ1n) is 20.6. The fraction of sp³-hybridized carbons (Fsp3) is 0.488. The van der Waals surface area contributed by atoms with Crippen LogP contribution in [0, 0.1) is 17.7 Å².